The van der Waals surface area contributed by atoms with E-state index in [1.807, 2.05) is 61.7 Å². The molecule has 43 heavy (non-hydrogen) atoms. The second kappa shape index (κ2) is 10.7. The molecule has 0 atom stereocenters. The van der Waals surface area contributed by atoms with Gasteiger partial charge in [0.15, 0.2) is 5.78 Å². The Kier molecular flexibility index (Phi) is 6.75. The number of carbonyl (C=O) groups excluding carboxylic acids is 2. The summed E-state index contributed by atoms with van der Waals surface area (Å²) >= 11 is 1.41. The Hall–Kier alpha value is -4.88. The average Bonchev–Trinajstić information content (AvgIpc) is 3.60. The van der Waals surface area contributed by atoms with Crippen molar-refractivity contribution in [2.75, 3.05) is 11.4 Å². The number of nitrogens with one attached hydrogen (secondary N) is 1. The third kappa shape index (κ3) is 4.85. The number of aromatic amines is 1. The number of aromatic nitrogens is 2. The van der Waals surface area contributed by atoms with Crippen molar-refractivity contribution in [2.24, 2.45) is 0 Å². The lowest BCUT2D eigenvalue weighted by molar-refractivity contribution is 0.0978. The van der Waals surface area contributed by atoms with Crippen LogP contribution < -0.4 is 4.90 Å². The Bertz CT molecular complexity index is 2040. The topological polar surface area (TPSA) is 66.1 Å². The van der Waals surface area contributed by atoms with Gasteiger partial charge >= 0.3 is 0 Å². The molecule has 7 heteroatoms. The summed E-state index contributed by atoms with van der Waals surface area (Å²) in [5.74, 6) is -0.639. The van der Waals surface area contributed by atoms with Gasteiger partial charge in [0.25, 0.3) is 5.91 Å². The fraction of sp³-hybridized carbons (Fsp3) is 0.139. The number of fused-ring (bicyclic) bond motifs is 4. The Morgan fingerprint density at radius 2 is 1.79 bits per heavy atom. The van der Waals surface area contributed by atoms with Crippen LogP contribution in [0.2, 0.25) is 0 Å². The van der Waals surface area contributed by atoms with Crippen LogP contribution in [0, 0.1) is 19.7 Å². The van der Waals surface area contributed by atoms with Crippen LogP contribution in [0.15, 0.2) is 91.1 Å². The highest BCUT2D eigenvalue weighted by molar-refractivity contribution is 7.17. The maximum Gasteiger partial charge on any atom is 0.276 e. The predicted octanol–water partition coefficient (Wildman–Crippen LogP) is 8.34. The lowest BCUT2D eigenvalue weighted by atomic mass is 10.0. The van der Waals surface area contributed by atoms with Crippen molar-refractivity contribution in [1.82, 2.24) is 9.97 Å². The summed E-state index contributed by atoms with van der Waals surface area (Å²) in [6.07, 6.45) is 2.54. The van der Waals surface area contributed by atoms with E-state index in [0.29, 0.717) is 29.1 Å². The number of para-hydroxylation sites is 1. The summed E-state index contributed by atoms with van der Waals surface area (Å²) in [5, 5.41) is 1.06. The maximum atomic E-state index is 14.5. The third-order valence-electron chi connectivity index (χ3n) is 8.15. The lowest BCUT2D eigenvalue weighted by Crippen LogP contribution is -2.33. The molecule has 6 aromatic rings. The molecule has 5 nitrogen and oxygen atoms in total. The van der Waals surface area contributed by atoms with E-state index in [0.717, 1.165) is 49.4 Å². The highest BCUT2D eigenvalue weighted by Crippen LogP contribution is 2.42. The molecule has 1 amide bonds. The number of thiophene rings is 1. The molecule has 3 aromatic heterocycles. The van der Waals surface area contributed by atoms with Crippen LogP contribution in [0.5, 0.6) is 0 Å². The molecule has 0 unspecified atom stereocenters. The molecule has 4 heterocycles. The number of carbonyl (C=O) groups is 2. The van der Waals surface area contributed by atoms with Gasteiger partial charge in [0.2, 0.25) is 0 Å². The van der Waals surface area contributed by atoms with Crippen LogP contribution in [0.1, 0.15) is 42.4 Å². The number of amides is 1. The number of ketones is 1. The predicted molar refractivity (Wildman–Crippen MR) is 171 cm³/mol. The highest BCUT2D eigenvalue weighted by Gasteiger charge is 2.28. The summed E-state index contributed by atoms with van der Waals surface area (Å²) < 4.78 is 14.5. The number of hydrogen-bond acceptors (Lipinski definition) is 4. The van der Waals surface area contributed by atoms with Gasteiger partial charge in [-0.2, -0.15) is 0 Å². The molecule has 0 radical (unpaired) electrons. The number of halogens is 1. The zero-order valence-electron chi connectivity index (χ0n) is 23.8. The summed E-state index contributed by atoms with van der Waals surface area (Å²) in [4.78, 5) is 38.8. The Morgan fingerprint density at radius 1 is 0.953 bits per heavy atom. The number of Topliss-reactive ketones (excluding diaryl/α,β-unsaturated/α-hetero) is 1. The molecule has 0 spiro atoms. The Morgan fingerprint density at radius 3 is 2.65 bits per heavy atom. The van der Waals surface area contributed by atoms with Gasteiger partial charge in [-0.25, -0.2) is 9.37 Å². The first-order valence-corrected chi connectivity index (χ1v) is 15.1. The smallest absolute Gasteiger partial charge is 0.276 e. The van der Waals surface area contributed by atoms with Gasteiger partial charge in [-0.05, 0) is 78.9 Å². The molecule has 1 aliphatic heterocycles. The number of hydrogen-bond donors (Lipinski definition) is 1. The normalized spacial score (nSPS) is 12.6. The van der Waals surface area contributed by atoms with Gasteiger partial charge in [-0.1, -0.05) is 48.5 Å². The van der Waals surface area contributed by atoms with Crippen LogP contribution in [-0.2, 0) is 12.8 Å². The van der Waals surface area contributed by atoms with Gasteiger partial charge in [-0.15, -0.1) is 11.3 Å². The molecule has 0 saturated heterocycles. The van der Waals surface area contributed by atoms with E-state index in [9.17, 15) is 14.0 Å². The summed E-state index contributed by atoms with van der Waals surface area (Å²) in [7, 11) is 0. The van der Waals surface area contributed by atoms with Crippen molar-refractivity contribution < 1.29 is 14.0 Å². The number of H-pyrrole nitrogens is 1. The second-order valence-corrected chi connectivity index (χ2v) is 12.0. The number of aryl methyl sites for hydroxylation is 2. The van der Waals surface area contributed by atoms with E-state index in [2.05, 4.69) is 30.1 Å². The van der Waals surface area contributed by atoms with E-state index in [-0.39, 0.29) is 23.9 Å². The van der Waals surface area contributed by atoms with Crippen LogP contribution in [0.25, 0.3) is 32.6 Å². The first-order valence-electron chi connectivity index (χ1n) is 14.2. The largest absolute Gasteiger partial charge is 0.360 e. The standard InChI is InChI=1S/C36H28FN3O2S/c1-21-13-14-24-27(20-38-31(24)17-21)29-10-6-11-30(39-29)36(42)40-16-15-23-18-34(43-35(23)25-8-3-4-12-32(25)40)33(41)19-26-22(2)7-5-9-28(26)37/h3-14,17-18,20,38H,15-16,19H2,1-2H3. The van der Waals surface area contributed by atoms with Gasteiger partial charge in [-0.3, -0.25) is 9.59 Å². The van der Waals surface area contributed by atoms with Gasteiger partial charge in [0.1, 0.15) is 11.5 Å². The van der Waals surface area contributed by atoms with Crippen LogP contribution in [0.4, 0.5) is 10.1 Å². The molecule has 0 fully saturated rings. The zero-order valence-corrected chi connectivity index (χ0v) is 24.6. The fourth-order valence-corrected chi connectivity index (χ4v) is 7.06. The van der Waals surface area contributed by atoms with Crippen molar-refractivity contribution in [3.05, 3.63) is 130 Å². The van der Waals surface area contributed by atoms with Crippen molar-refractivity contribution >= 4 is 39.6 Å². The minimum atomic E-state index is -0.358. The average molecular weight is 586 g/mol. The second-order valence-electron chi connectivity index (χ2n) is 11.0. The number of nitrogens with zero attached hydrogens (tertiary/aromatic N) is 2. The van der Waals surface area contributed by atoms with Crippen molar-refractivity contribution in [3.8, 4) is 21.7 Å². The zero-order chi connectivity index (χ0) is 29.7. The molecule has 1 aliphatic rings. The SMILES string of the molecule is Cc1ccc2c(-c3cccc(C(=O)N4CCc5cc(C(=O)Cc6c(C)cccc6F)sc5-c5ccccc54)n3)c[nH]c2c1. The van der Waals surface area contributed by atoms with E-state index >= 15 is 0 Å². The summed E-state index contributed by atoms with van der Waals surface area (Å²) in [6.45, 7) is 4.32. The lowest BCUT2D eigenvalue weighted by Gasteiger charge is -2.23. The molecular weight excluding hydrogens is 557 g/mol. The summed E-state index contributed by atoms with van der Waals surface area (Å²) in [5.41, 5.74) is 8.15. The molecule has 3 aromatic carbocycles. The molecule has 0 bridgehead atoms. The van der Waals surface area contributed by atoms with E-state index in [4.69, 9.17) is 4.98 Å². The quantitative estimate of drug-likeness (QED) is 0.207. The van der Waals surface area contributed by atoms with E-state index in [1.54, 1.807) is 17.0 Å². The first kappa shape index (κ1) is 27.0. The maximum absolute atomic E-state index is 14.5. The molecule has 1 N–H and O–H groups in total. The monoisotopic (exact) mass is 585 g/mol. The minimum absolute atomic E-state index is 0.0161. The van der Waals surface area contributed by atoms with Crippen molar-refractivity contribution in [1.29, 1.82) is 0 Å². The molecule has 212 valence electrons. The van der Waals surface area contributed by atoms with Crippen LogP contribution in [0.3, 0.4) is 0 Å². The van der Waals surface area contributed by atoms with E-state index in [1.165, 1.54) is 23.0 Å². The molecular formula is C36H28FN3O2S. The first-order chi connectivity index (χ1) is 20.9. The highest BCUT2D eigenvalue weighted by atomic mass is 32.1. The summed E-state index contributed by atoms with van der Waals surface area (Å²) in [6, 6.07) is 26.4. The van der Waals surface area contributed by atoms with Crippen LogP contribution in [-0.4, -0.2) is 28.2 Å². The van der Waals surface area contributed by atoms with Gasteiger partial charge < -0.3 is 9.88 Å². The van der Waals surface area contributed by atoms with Gasteiger partial charge in [0.05, 0.1) is 16.3 Å². The molecule has 7 rings (SSSR count). The molecule has 0 aliphatic carbocycles. The number of benzene rings is 3. The van der Waals surface area contributed by atoms with Crippen molar-refractivity contribution in [2.45, 2.75) is 26.7 Å². The molecule has 0 saturated carbocycles. The van der Waals surface area contributed by atoms with Crippen molar-refractivity contribution in [3.63, 3.8) is 0 Å². The van der Waals surface area contributed by atoms with Crippen LogP contribution >= 0.6 is 11.3 Å². The number of pyridine rings is 1. The Balaban J connectivity index is 1.20. The number of rotatable bonds is 5. The third-order valence-corrected chi connectivity index (χ3v) is 9.40. The number of anilines is 1. The van der Waals surface area contributed by atoms with Gasteiger partial charge in [0, 0.05) is 46.1 Å². The Labute approximate surface area is 252 Å². The fourth-order valence-electron chi connectivity index (χ4n) is 5.88. The van der Waals surface area contributed by atoms with E-state index < -0.39 is 0 Å². The minimum Gasteiger partial charge on any atom is -0.360 e.